The summed E-state index contributed by atoms with van der Waals surface area (Å²) in [7, 11) is 2.03. The number of anilines is 1. The van der Waals surface area contributed by atoms with Crippen LogP contribution in [-0.2, 0) is 13.5 Å². The predicted molar refractivity (Wildman–Crippen MR) is 108 cm³/mol. The molecule has 0 spiro atoms. The largest absolute Gasteiger partial charge is 0.338 e. The Bertz CT molecular complexity index is 881. The van der Waals surface area contributed by atoms with Crippen LogP contribution >= 0.6 is 0 Å². The van der Waals surface area contributed by atoms with Crippen LogP contribution in [0.15, 0.2) is 48.7 Å². The second-order valence-corrected chi connectivity index (χ2v) is 7.12. The van der Waals surface area contributed by atoms with Crippen LogP contribution in [0, 0.1) is 6.92 Å². The van der Waals surface area contributed by atoms with Crippen molar-refractivity contribution in [2.75, 3.05) is 37.6 Å². The van der Waals surface area contributed by atoms with E-state index in [9.17, 15) is 0 Å². The van der Waals surface area contributed by atoms with E-state index in [-0.39, 0.29) is 0 Å². The second-order valence-electron chi connectivity index (χ2n) is 7.12. The maximum Gasteiger partial charge on any atom is 0.227 e. The van der Waals surface area contributed by atoms with E-state index < -0.39 is 0 Å². The molecule has 3 heterocycles. The SMILES string of the molecule is Cc1cccnc1-c1nnc(N2CCN(CCc3ccccc3)CC2)n1C. The summed E-state index contributed by atoms with van der Waals surface area (Å²) in [5, 5.41) is 8.87. The van der Waals surface area contributed by atoms with Gasteiger partial charge in [-0.25, -0.2) is 0 Å². The highest BCUT2D eigenvalue weighted by Crippen LogP contribution is 2.23. The highest BCUT2D eigenvalue weighted by Gasteiger charge is 2.22. The van der Waals surface area contributed by atoms with Crippen LogP contribution in [-0.4, -0.2) is 57.4 Å². The van der Waals surface area contributed by atoms with Crippen LogP contribution < -0.4 is 4.90 Å². The first-order valence-electron chi connectivity index (χ1n) is 9.55. The monoisotopic (exact) mass is 362 g/mol. The van der Waals surface area contributed by atoms with Crippen molar-refractivity contribution in [3.05, 3.63) is 59.8 Å². The van der Waals surface area contributed by atoms with Gasteiger partial charge >= 0.3 is 0 Å². The van der Waals surface area contributed by atoms with Gasteiger partial charge in [-0.15, -0.1) is 10.2 Å². The van der Waals surface area contributed by atoms with Crippen molar-refractivity contribution in [1.82, 2.24) is 24.6 Å². The molecule has 0 bridgehead atoms. The number of hydrogen-bond donors (Lipinski definition) is 0. The predicted octanol–water partition coefficient (Wildman–Crippen LogP) is 2.55. The minimum Gasteiger partial charge on any atom is -0.338 e. The molecule has 1 aliphatic heterocycles. The summed E-state index contributed by atoms with van der Waals surface area (Å²) in [6, 6.07) is 14.7. The second kappa shape index (κ2) is 7.88. The van der Waals surface area contributed by atoms with E-state index in [2.05, 4.69) is 72.9 Å². The number of piperazine rings is 1. The summed E-state index contributed by atoms with van der Waals surface area (Å²) in [6.45, 7) is 7.22. The topological polar surface area (TPSA) is 50.1 Å². The van der Waals surface area contributed by atoms with E-state index in [1.807, 2.05) is 19.3 Å². The third-order valence-corrected chi connectivity index (χ3v) is 5.29. The summed E-state index contributed by atoms with van der Waals surface area (Å²) in [6.07, 6.45) is 2.91. The molecule has 140 valence electrons. The molecule has 1 fully saturated rings. The molecular weight excluding hydrogens is 336 g/mol. The summed E-state index contributed by atoms with van der Waals surface area (Å²) in [4.78, 5) is 9.34. The van der Waals surface area contributed by atoms with E-state index >= 15 is 0 Å². The number of nitrogens with zero attached hydrogens (tertiary/aromatic N) is 6. The lowest BCUT2D eigenvalue weighted by Gasteiger charge is -2.35. The van der Waals surface area contributed by atoms with E-state index in [0.29, 0.717) is 0 Å². The minimum atomic E-state index is 0.828. The Hall–Kier alpha value is -2.73. The van der Waals surface area contributed by atoms with Crippen LogP contribution in [0.5, 0.6) is 0 Å². The van der Waals surface area contributed by atoms with Gasteiger partial charge in [0.2, 0.25) is 5.95 Å². The molecule has 0 atom stereocenters. The van der Waals surface area contributed by atoms with E-state index in [0.717, 1.165) is 62.2 Å². The molecule has 4 rings (SSSR count). The summed E-state index contributed by atoms with van der Waals surface area (Å²) in [5.41, 5.74) is 3.43. The molecule has 6 heteroatoms. The number of aromatic nitrogens is 4. The van der Waals surface area contributed by atoms with Gasteiger partial charge in [-0.3, -0.25) is 14.5 Å². The third-order valence-electron chi connectivity index (χ3n) is 5.29. The average molecular weight is 362 g/mol. The highest BCUT2D eigenvalue weighted by molar-refractivity contribution is 5.56. The van der Waals surface area contributed by atoms with Crippen molar-refractivity contribution in [3.63, 3.8) is 0 Å². The van der Waals surface area contributed by atoms with Gasteiger partial charge in [-0.05, 0) is 30.5 Å². The molecule has 0 aliphatic carbocycles. The van der Waals surface area contributed by atoms with Crippen molar-refractivity contribution in [2.45, 2.75) is 13.3 Å². The molecule has 1 aliphatic rings. The van der Waals surface area contributed by atoms with Gasteiger partial charge in [0.1, 0.15) is 5.69 Å². The molecule has 0 N–H and O–H groups in total. The van der Waals surface area contributed by atoms with Crippen LogP contribution in [0.1, 0.15) is 11.1 Å². The van der Waals surface area contributed by atoms with Gasteiger partial charge in [-0.1, -0.05) is 36.4 Å². The first-order chi connectivity index (χ1) is 13.2. The van der Waals surface area contributed by atoms with Crippen LogP contribution in [0.2, 0.25) is 0 Å². The molecule has 6 nitrogen and oxygen atoms in total. The van der Waals surface area contributed by atoms with Crippen molar-refractivity contribution in [2.24, 2.45) is 7.05 Å². The van der Waals surface area contributed by atoms with E-state index in [4.69, 9.17) is 0 Å². The molecular formula is C21H26N6. The van der Waals surface area contributed by atoms with Gasteiger partial charge in [0.05, 0.1) is 0 Å². The third kappa shape index (κ3) is 3.85. The molecule has 1 saturated heterocycles. The molecule has 0 radical (unpaired) electrons. The number of aryl methyl sites for hydroxylation is 1. The smallest absolute Gasteiger partial charge is 0.227 e. The van der Waals surface area contributed by atoms with Gasteiger partial charge < -0.3 is 4.90 Å². The quantitative estimate of drug-likeness (QED) is 0.698. The fourth-order valence-corrected chi connectivity index (χ4v) is 3.63. The van der Waals surface area contributed by atoms with E-state index in [1.165, 1.54) is 5.56 Å². The normalized spacial score (nSPS) is 15.3. The summed E-state index contributed by atoms with van der Waals surface area (Å²) < 4.78 is 2.06. The zero-order chi connectivity index (χ0) is 18.6. The Labute approximate surface area is 160 Å². The van der Waals surface area contributed by atoms with Crippen molar-refractivity contribution in [3.8, 4) is 11.5 Å². The minimum absolute atomic E-state index is 0.828. The van der Waals surface area contributed by atoms with Gasteiger partial charge in [0, 0.05) is 46.0 Å². The number of rotatable bonds is 5. The zero-order valence-corrected chi connectivity index (χ0v) is 16.0. The molecule has 0 amide bonds. The maximum atomic E-state index is 4.48. The summed E-state index contributed by atoms with van der Waals surface area (Å²) >= 11 is 0. The van der Waals surface area contributed by atoms with Crippen molar-refractivity contribution < 1.29 is 0 Å². The van der Waals surface area contributed by atoms with Gasteiger partial charge in [0.25, 0.3) is 0 Å². The standard InChI is InChI=1S/C21H26N6/c1-17-7-6-11-22-19(17)20-23-24-21(25(20)2)27-15-13-26(14-16-27)12-10-18-8-4-3-5-9-18/h3-9,11H,10,12-16H2,1-2H3. The van der Waals surface area contributed by atoms with Gasteiger partial charge in [-0.2, -0.15) is 0 Å². The fraction of sp³-hybridized carbons (Fsp3) is 0.381. The molecule has 3 aromatic rings. The summed E-state index contributed by atoms with van der Waals surface area (Å²) in [5.74, 6) is 1.76. The van der Waals surface area contributed by atoms with Gasteiger partial charge in [0.15, 0.2) is 5.82 Å². The Balaban J connectivity index is 1.38. The Kier molecular flexibility index (Phi) is 5.16. The molecule has 0 saturated carbocycles. The van der Waals surface area contributed by atoms with Crippen molar-refractivity contribution in [1.29, 1.82) is 0 Å². The number of hydrogen-bond acceptors (Lipinski definition) is 5. The molecule has 1 aromatic carbocycles. The Morgan fingerprint density at radius 2 is 1.70 bits per heavy atom. The maximum absolute atomic E-state index is 4.48. The van der Waals surface area contributed by atoms with Crippen LogP contribution in [0.3, 0.4) is 0 Å². The lowest BCUT2D eigenvalue weighted by molar-refractivity contribution is 0.259. The number of benzene rings is 1. The lowest BCUT2D eigenvalue weighted by atomic mass is 10.1. The first kappa shape index (κ1) is 17.7. The zero-order valence-electron chi connectivity index (χ0n) is 16.0. The Morgan fingerprint density at radius 3 is 2.44 bits per heavy atom. The van der Waals surface area contributed by atoms with Crippen LogP contribution in [0.25, 0.3) is 11.5 Å². The lowest BCUT2D eigenvalue weighted by Crippen LogP contribution is -2.47. The number of pyridine rings is 1. The molecule has 0 unspecified atom stereocenters. The van der Waals surface area contributed by atoms with E-state index in [1.54, 1.807) is 0 Å². The van der Waals surface area contributed by atoms with Crippen molar-refractivity contribution >= 4 is 5.95 Å². The molecule has 27 heavy (non-hydrogen) atoms. The molecule has 2 aromatic heterocycles. The average Bonchev–Trinajstić information content (AvgIpc) is 3.09. The highest BCUT2D eigenvalue weighted by atomic mass is 15.4. The van der Waals surface area contributed by atoms with Crippen LogP contribution in [0.4, 0.5) is 5.95 Å². The fourth-order valence-electron chi connectivity index (χ4n) is 3.63. The Morgan fingerprint density at radius 1 is 0.926 bits per heavy atom. The first-order valence-corrected chi connectivity index (χ1v) is 9.55.